The van der Waals surface area contributed by atoms with Gasteiger partial charge in [0.05, 0.1) is 19.4 Å². The fourth-order valence-corrected chi connectivity index (χ4v) is 1.86. The van der Waals surface area contributed by atoms with Crippen molar-refractivity contribution < 1.29 is 23.8 Å². The molecule has 0 unspecified atom stereocenters. The number of hydrazone groups is 1. The SMILES string of the molecule is COCCC(=O)N/N=C(\C)CC(=O)Nc1ccc2c(c1)OCO2. The van der Waals surface area contributed by atoms with Gasteiger partial charge < -0.3 is 19.5 Å². The summed E-state index contributed by atoms with van der Waals surface area (Å²) >= 11 is 0. The molecule has 0 bridgehead atoms. The summed E-state index contributed by atoms with van der Waals surface area (Å²) in [6.07, 6.45) is 0.287. The van der Waals surface area contributed by atoms with Gasteiger partial charge in [0.1, 0.15) is 0 Å². The lowest BCUT2D eigenvalue weighted by molar-refractivity contribution is -0.122. The highest BCUT2D eigenvalue weighted by molar-refractivity contribution is 6.05. The zero-order chi connectivity index (χ0) is 16.7. The summed E-state index contributed by atoms with van der Waals surface area (Å²) in [6.45, 7) is 2.17. The lowest BCUT2D eigenvalue weighted by atomic mass is 10.2. The first-order chi connectivity index (χ1) is 11.1. The molecular formula is C15H19N3O5. The van der Waals surface area contributed by atoms with Crippen LogP contribution >= 0.6 is 0 Å². The van der Waals surface area contributed by atoms with Crippen molar-refractivity contribution in [2.45, 2.75) is 19.8 Å². The van der Waals surface area contributed by atoms with E-state index in [2.05, 4.69) is 15.8 Å². The van der Waals surface area contributed by atoms with Crippen LogP contribution in [0.2, 0.25) is 0 Å². The number of nitrogens with zero attached hydrogens (tertiary/aromatic N) is 1. The van der Waals surface area contributed by atoms with Crippen LogP contribution in [0.5, 0.6) is 11.5 Å². The van der Waals surface area contributed by atoms with Crippen LogP contribution in [0.1, 0.15) is 19.8 Å². The van der Waals surface area contributed by atoms with Gasteiger partial charge in [0.2, 0.25) is 18.6 Å². The molecule has 2 amide bonds. The minimum atomic E-state index is -0.262. The van der Waals surface area contributed by atoms with Gasteiger partial charge in [-0.3, -0.25) is 9.59 Å². The number of benzene rings is 1. The van der Waals surface area contributed by atoms with Crippen LogP contribution in [-0.4, -0.2) is 38.0 Å². The molecule has 0 radical (unpaired) electrons. The van der Waals surface area contributed by atoms with E-state index in [9.17, 15) is 9.59 Å². The molecule has 8 heteroatoms. The summed E-state index contributed by atoms with van der Waals surface area (Å²) in [7, 11) is 1.52. The van der Waals surface area contributed by atoms with Gasteiger partial charge in [0.15, 0.2) is 11.5 Å². The first-order valence-corrected chi connectivity index (χ1v) is 7.09. The van der Waals surface area contributed by atoms with Gasteiger partial charge in [0, 0.05) is 24.6 Å². The normalized spacial score (nSPS) is 12.9. The Morgan fingerprint density at radius 2 is 2.04 bits per heavy atom. The van der Waals surface area contributed by atoms with Gasteiger partial charge in [-0.2, -0.15) is 5.10 Å². The van der Waals surface area contributed by atoms with Crippen LogP contribution in [-0.2, 0) is 14.3 Å². The molecular weight excluding hydrogens is 302 g/mol. The number of carbonyl (C=O) groups excluding carboxylic acids is 2. The number of anilines is 1. The van der Waals surface area contributed by atoms with E-state index in [0.29, 0.717) is 29.5 Å². The van der Waals surface area contributed by atoms with Crippen LogP contribution < -0.4 is 20.2 Å². The highest BCUT2D eigenvalue weighted by Crippen LogP contribution is 2.34. The number of methoxy groups -OCH3 is 1. The molecule has 0 saturated carbocycles. The van der Waals surface area contributed by atoms with Gasteiger partial charge in [0.25, 0.3) is 0 Å². The van der Waals surface area contributed by atoms with Crippen molar-refractivity contribution in [3.63, 3.8) is 0 Å². The standard InChI is InChI=1S/C15H19N3O5/c1-10(17-18-14(19)5-6-21-2)7-15(20)16-11-3-4-12-13(8-11)23-9-22-12/h3-4,8H,5-7,9H2,1-2H3,(H,16,20)(H,18,19)/b17-10+. The zero-order valence-electron chi connectivity index (χ0n) is 13.0. The molecule has 1 aliphatic rings. The third-order valence-electron chi connectivity index (χ3n) is 2.98. The van der Waals surface area contributed by atoms with E-state index in [-0.39, 0.29) is 31.4 Å². The van der Waals surface area contributed by atoms with E-state index in [1.807, 2.05) is 0 Å². The highest BCUT2D eigenvalue weighted by atomic mass is 16.7. The van der Waals surface area contributed by atoms with Crippen molar-refractivity contribution in [3.8, 4) is 11.5 Å². The first kappa shape index (κ1) is 16.8. The molecule has 2 rings (SSSR count). The van der Waals surface area contributed by atoms with Gasteiger partial charge in [-0.05, 0) is 19.1 Å². The topological polar surface area (TPSA) is 98.2 Å². The van der Waals surface area contributed by atoms with Crippen molar-refractivity contribution in [2.75, 3.05) is 25.8 Å². The molecule has 0 aliphatic carbocycles. The van der Waals surface area contributed by atoms with E-state index in [4.69, 9.17) is 14.2 Å². The average molecular weight is 321 g/mol. The van der Waals surface area contributed by atoms with Crippen molar-refractivity contribution in [2.24, 2.45) is 5.10 Å². The van der Waals surface area contributed by atoms with Crippen molar-refractivity contribution >= 4 is 23.2 Å². The van der Waals surface area contributed by atoms with Crippen molar-refractivity contribution in [1.82, 2.24) is 5.43 Å². The predicted octanol–water partition coefficient (Wildman–Crippen LogP) is 1.27. The Hall–Kier alpha value is -2.61. The summed E-state index contributed by atoms with van der Waals surface area (Å²) < 4.78 is 15.2. The van der Waals surface area contributed by atoms with Crippen LogP contribution in [0.3, 0.4) is 0 Å². The Bertz CT molecular complexity index is 615. The second-order valence-corrected chi connectivity index (χ2v) is 4.92. The molecule has 1 aliphatic heterocycles. The maximum absolute atomic E-state index is 11.9. The van der Waals surface area contributed by atoms with E-state index in [0.717, 1.165) is 0 Å². The van der Waals surface area contributed by atoms with Gasteiger partial charge >= 0.3 is 0 Å². The minimum Gasteiger partial charge on any atom is -0.454 e. The molecule has 8 nitrogen and oxygen atoms in total. The Kier molecular flexibility index (Phi) is 5.93. The summed E-state index contributed by atoms with van der Waals surface area (Å²) in [4.78, 5) is 23.3. The lowest BCUT2D eigenvalue weighted by Gasteiger charge is -2.06. The minimum absolute atomic E-state index is 0.0685. The van der Waals surface area contributed by atoms with E-state index < -0.39 is 0 Å². The third kappa shape index (κ3) is 5.26. The Labute approximate surface area is 133 Å². The van der Waals surface area contributed by atoms with Crippen molar-refractivity contribution in [1.29, 1.82) is 0 Å². The number of amides is 2. The van der Waals surface area contributed by atoms with Crippen LogP contribution in [0.25, 0.3) is 0 Å². The van der Waals surface area contributed by atoms with E-state index in [1.54, 1.807) is 25.1 Å². The quantitative estimate of drug-likeness (QED) is 0.582. The van der Waals surface area contributed by atoms with Crippen molar-refractivity contribution in [3.05, 3.63) is 18.2 Å². The molecule has 0 fully saturated rings. The van der Waals surface area contributed by atoms with Gasteiger partial charge in [-0.25, -0.2) is 5.43 Å². The van der Waals surface area contributed by atoms with E-state index in [1.165, 1.54) is 7.11 Å². The molecule has 124 valence electrons. The number of nitrogens with one attached hydrogen (secondary N) is 2. The molecule has 0 atom stereocenters. The second kappa shape index (κ2) is 8.14. The second-order valence-electron chi connectivity index (χ2n) is 4.92. The average Bonchev–Trinajstić information content (AvgIpc) is 2.98. The number of hydrogen-bond acceptors (Lipinski definition) is 6. The number of hydrogen-bond donors (Lipinski definition) is 2. The summed E-state index contributed by atoms with van der Waals surface area (Å²) in [5.74, 6) is 0.747. The number of fused-ring (bicyclic) bond motifs is 1. The third-order valence-corrected chi connectivity index (χ3v) is 2.98. The molecule has 0 aromatic heterocycles. The maximum atomic E-state index is 11.9. The fourth-order valence-electron chi connectivity index (χ4n) is 1.86. The molecule has 2 N–H and O–H groups in total. The monoisotopic (exact) mass is 321 g/mol. The van der Waals surface area contributed by atoms with Crippen LogP contribution in [0.4, 0.5) is 5.69 Å². The fraction of sp³-hybridized carbons (Fsp3) is 0.400. The first-order valence-electron chi connectivity index (χ1n) is 7.09. The predicted molar refractivity (Wildman–Crippen MR) is 83.6 cm³/mol. The largest absolute Gasteiger partial charge is 0.454 e. The molecule has 0 saturated heterocycles. The summed E-state index contributed by atoms with van der Waals surface area (Å²) in [6, 6.07) is 5.15. The summed E-state index contributed by atoms with van der Waals surface area (Å²) in [5.41, 5.74) is 3.47. The Morgan fingerprint density at radius 3 is 2.83 bits per heavy atom. The maximum Gasteiger partial charge on any atom is 0.242 e. The van der Waals surface area contributed by atoms with Crippen LogP contribution in [0.15, 0.2) is 23.3 Å². The van der Waals surface area contributed by atoms with E-state index >= 15 is 0 Å². The Balaban J connectivity index is 1.80. The number of rotatable bonds is 7. The Morgan fingerprint density at radius 1 is 1.26 bits per heavy atom. The molecule has 1 aromatic carbocycles. The van der Waals surface area contributed by atoms with Gasteiger partial charge in [-0.1, -0.05) is 0 Å². The molecule has 0 spiro atoms. The number of carbonyl (C=O) groups is 2. The summed E-state index contributed by atoms with van der Waals surface area (Å²) in [5, 5.41) is 6.61. The lowest BCUT2D eigenvalue weighted by Crippen LogP contribution is -2.22. The molecule has 23 heavy (non-hydrogen) atoms. The molecule has 1 heterocycles. The molecule has 1 aromatic rings. The highest BCUT2D eigenvalue weighted by Gasteiger charge is 2.14. The van der Waals surface area contributed by atoms with Crippen LogP contribution in [0, 0.1) is 0 Å². The smallest absolute Gasteiger partial charge is 0.242 e. The zero-order valence-corrected chi connectivity index (χ0v) is 13.0. The number of ether oxygens (including phenoxy) is 3. The van der Waals surface area contributed by atoms with Gasteiger partial charge in [-0.15, -0.1) is 0 Å².